The Morgan fingerprint density at radius 3 is 2.56 bits per heavy atom. The first kappa shape index (κ1) is 13.5. The number of hydrogen-bond acceptors (Lipinski definition) is 1. The Morgan fingerprint density at radius 1 is 1.25 bits per heavy atom. The fourth-order valence-corrected chi connectivity index (χ4v) is 2.47. The van der Waals surface area contributed by atoms with Crippen LogP contribution in [0.25, 0.3) is 0 Å². The van der Waals surface area contributed by atoms with Crippen LogP contribution in [0.2, 0.25) is 0 Å². The van der Waals surface area contributed by atoms with Crippen LogP contribution in [0, 0.1) is 12.3 Å². The average Bonchev–Trinajstić information content (AvgIpc) is 2.15. The molecule has 0 fully saturated rings. The van der Waals surface area contributed by atoms with Crippen molar-refractivity contribution in [2.24, 2.45) is 5.41 Å². The highest BCUT2D eigenvalue weighted by Gasteiger charge is 2.29. The molecule has 1 nitrogen and oxygen atoms in total. The topological polar surface area (TPSA) is 12.0 Å². The lowest BCUT2D eigenvalue weighted by Gasteiger charge is -2.36. The van der Waals surface area contributed by atoms with Gasteiger partial charge in [0.25, 0.3) is 0 Å². The molecule has 1 unspecified atom stereocenters. The van der Waals surface area contributed by atoms with Gasteiger partial charge < -0.3 is 5.32 Å². The van der Waals surface area contributed by atoms with E-state index in [0.29, 0.717) is 11.5 Å². The van der Waals surface area contributed by atoms with Crippen molar-refractivity contribution in [1.29, 1.82) is 0 Å². The Labute approximate surface area is 105 Å². The van der Waals surface area contributed by atoms with Crippen molar-refractivity contribution >= 4 is 12.4 Å². The molecule has 2 heteroatoms. The van der Waals surface area contributed by atoms with Crippen LogP contribution in [0.4, 0.5) is 0 Å². The molecule has 1 N–H and O–H groups in total. The quantitative estimate of drug-likeness (QED) is 0.729. The number of benzene rings is 1. The van der Waals surface area contributed by atoms with E-state index in [2.05, 4.69) is 51.2 Å². The molecule has 0 radical (unpaired) electrons. The molecule has 1 aromatic rings. The lowest BCUT2D eigenvalue weighted by molar-refractivity contribution is 0.263. The first-order chi connectivity index (χ1) is 6.98. The molecule has 0 saturated carbocycles. The van der Waals surface area contributed by atoms with Gasteiger partial charge in [-0.1, -0.05) is 44.5 Å². The van der Waals surface area contributed by atoms with Crippen LogP contribution < -0.4 is 5.32 Å². The molecule has 1 aromatic carbocycles. The maximum Gasteiger partial charge on any atom is 0.0372 e. The second-order valence-corrected chi connectivity index (χ2v) is 5.71. The summed E-state index contributed by atoms with van der Waals surface area (Å²) in [6.07, 6.45) is 1.17. The fourth-order valence-electron chi connectivity index (χ4n) is 2.47. The Balaban J connectivity index is 0.00000128. The number of fused-ring (bicyclic) bond motifs is 1. The molecule has 0 saturated heterocycles. The molecular weight excluding hydrogens is 218 g/mol. The Hall–Kier alpha value is -0.530. The zero-order valence-corrected chi connectivity index (χ0v) is 11.4. The smallest absolute Gasteiger partial charge is 0.0372 e. The maximum absolute atomic E-state index is 3.63. The number of rotatable bonds is 0. The van der Waals surface area contributed by atoms with Gasteiger partial charge in [-0.05, 0) is 36.4 Å². The summed E-state index contributed by atoms with van der Waals surface area (Å²) in [6.45, 7) is 10.2. The van der Waals surface area contributed by atoms with Crippen molar-refractivity contribution in [2.45, 2.75) is 40.2 Å². The standard InChI is InChI=1S/C14H21N.ClH/c1-10-5-6-12-11(9-10)7-8-15-13(12)14(2,3)4;/h5-6,9,13,15H,7-8H2,1-4H3;1H. The molecule has 90 valence electrons. The number of aryl methyl sites for hydroxylation is 1. The molecule has 0 aromatic heterocycles. The SMILES string of the molecule is Cc1ccc2c(c1)CCNC2C(C)(C)C.Cl. The van der Waals surface area contributed by atoms with Crippen LogP contribution >= 0.6 is 12.4 Å². The molecule has 0 spiro atoms. The number of hydrogen-bond donors (Lipinski definition) is 1. The third-order valence-electron chi connectivity index (χ3n) is 3.22. The maximum atomic E-state index is 3.63. The summed E-state index contributed by atoms with van der Waals surface area (Å²) in [5, 5.41) is 3.63. The van der Waals surface area contributed by atoms with Gasteiger partial charge in [0.15, 0.2) is 0 Å². The highest BCUT2D eigenvalue weighted by molar-refractivity contribution is 5.85. The highest BCUT2D eigenvalue weighted by Crippen LogP contribution is 2.36. The van der Waals surface area contributed by atoms with Crippen LogP contribution in [0.5, 0.6) is 0 Å². The van der Waals surface area contributed by atoms with Crippen LogP contribution in [0.3, 0.4) is 0 Å². The predicted octanol–water partition coefficient (Wildman–Crippen LogP) is 3.65. The van der Waals surface area contributed by atoms with Gasteiger partial charge >= 0.3 is 0 Å². The van der Waals surface area contributed by atoms with Gasteiger partial charge in [0, 0.05) is 6.04 Å². The van der Waals surface area contributed by atoms with Gasteiger partial charge in [0.1, 0.15) is 0 Å². The normalized spacial score (nSPS) is 19.9. The number of nitrogens with one attached hydrogen (secondary N) is 1. The van der Waals surface area contributed by atoms with E-state index in [0.717, 1.165) is 6.54 Å². The molecule has 1 atom stereocenters. The van der Waals surface area contributed by atoms with E-state index >= 15 is 0 Å². The minimum absolute atomic E-state index is 0. The predicted molar refractivity (Wildman–Crippen MR) is 72.3 cm³/mol. The van der Waals surface area contributed by atoms with Crippen molar-refractivity contribution in [3.63, 3.8) is 0 Å². The molecule has 1 aliphatic heterocycles. The Morgan fingerprint density at radius 2 is 1.94 bits per heavy atom. The molecule has 16 heavy (non-hydrogen) atoms. The Bertz CT molecular complexity index is 365. The zero-order valence-electron chi connectivity index (χ0n) is 10.6. The highest BCUT2D eigenvalue weighted by atomic mass is 35.5. The lowest BCUT2D eigenvalue weighted by Crippen LogP contribution is -2.37. The van der Waals surface area contributed by atoms with E-state index in [-0.39, 0.29) is 12.4 Å². The van der Waals surface area contributed by atoms with Crippen LogP contribution in [-0.2, 0) is 6.42 Å². The molecule has 2 rings (SSSR count). The Kier molecular flexibility index (Phi) is 4.03. The second kappa shape index (κ2) is 4.77. The molecule has 1 aliphatic rings. The van der Waals surface area contributed by atoms with Gasteiger partial charge in [-0.25, -0.2) is 0 Å². The van der Waals surface area contributed by atoms with Crippen molar-refractivity contribution in [3.8, 4) is 0 Å². The number of halogens is 1. The molecular formula is C14H22ClN. The van der Waals surface area contributed by atoms with E-state index in [1.807, 2.05) is 0 Å². The van der Waals surface area contributed by atoms with Crippen molar-refractivity contribution < 1.29 is 0 Å². The minimum Gasteiger partial charge on any atom is -0.309 e. The van der Waals surface area contributed by atoms with E-state index in [1.54, 1.807) is 0 Å². The monoisotopic (exact) mass is 239 g/mol. The zero-order chi connectivity index (χ0) is 11.1. The van der Waals surface area contributed by atoms with Gasteiger partial charge in [0.05, 0.1) is 0 Å². The van der Waals surface area contributed by atoms with Gasteiger partial charge in [0.2, 0.25) is 0 Å². The summed E-state index contributed by atoms with van der Waals surface area (Å²) in [5.74, 6) is 0. The van der Waals surface area contributed by atoms with Crippen LogP contribution in [-0.4, -0.2) is 6.54 Å². The summed E-state index contributed by atoms with van der Waals surface area (Å²) in [5.41, 5.74) is 4.71. The van der Waals surface area contributed by atoms with Crippen LogP contribution in [0.15, 0.2) is 18.2 Å². The summed E-state index contributed by atoms with van der Waals surface area (Å²) in [4.78, 5) is 0. The summed E-state index contributed by atoms with van der Waals surface area (Å²) >= 11 is 0. The minimum atomic E-state index is 0. The molecule has 0 amide bonds. The molecule has 0 aliphatic carbocycles. The van der Waals surface area contributed by atoms with E-state index in [9.17, 15) is 0 Å². The van der Waals surface area contributed by atoms with E-state index in [4.69, 9.17) is 0 Å². The van der Waals surface area contributed by atoms with Gasteiger partial charge in [-0.3, -0.25) is 0 Å². The lowest BCUT2D eigenvalue weighted by atomic mass is 9.78. The van der Waals surface area contributed by atoms with Crippen molar-refractivity contribution in [3.05, 3.63) is 34.9 Å². The largest absolute Gasteiger partial charge is 0.309 e. The van der Waals surface area contributed by atoms with E-state index in [1.165, 1.54) is 23.1 Å². The van der Waals surface area contributed by atoms with Crippen molar-refractivity contribution in [1.82, 2.24) is 5.32 Å². The third-order valence-corrected chi connectivity index (χ3v) is 3.22. The molecule has 1 heterocycles. The first-order valence-corrected chi connectivity index (χ1v) is 5.81. The second-order valence-electron chi connectivity index (χ2n) is 5.71. The summed E-state index contributed by atoms with van der Waals surface area (Å²) < 4.78 is 0. The summed E-state index contributed by atoms with van der Waals surface area (Å²) in [6, 6.07) is 7.37. The average molecular weight is 240 g/mol. The van der Waals surface area contributed by atoms with E-state index < -0.39 is 0 Å². The molecule has 0 bridgehead atoms. The van der Waals surface area contributed by atoms with Crippen LogP contribution in [0.1, 0.15) is 43.5 Å². The first-order valence-electron chi connectivity index (χ1n) is 5.81. The summed E-state index contributed by atoms with van der Waals surface area (Å²) in [7, 11) is 0. The van der Waals surface area contributed by atoms with Crippen molar-refractivity contribution in [2.75, 3.05) is 6.54 Å². The van der Waals surface area contributed by atoms with Gasteiger partial charge in [-0.2, -0.15) is 0 Å². The third kappa shape index (κ3) is 2.58. The fraction of sp³-hybridized carbons (Fsp3) is 0.571. The van der Waals surface area contributed by atoms with Gasteiger partial charge in [-0.15, -0.1) is 12.4 Å².